The summed E-state index contributed by atoms with van der Waals surface area (Å²) in [5.41, 5.74) is 1.72. The molecule has 1 saturated heterocycles. The van der Waals surface area contributed by atoms with E-state index in [1.807, 2.05) is 12.1 Å². The van der Waals surface area contributed by atoms with E-state index in [4.69, 9.17) is 11.6 Å². The number of nitrogens with one attached hydrogen (secondary N) is 1. The third-order valence-electron chi connectivity index (χ3n) is 5.04. The number of hydrogen-bond donors (Lipinski definition) is 1. The molecule has 1 heterocycles. The molecule has 0 spiro atoms. The molecule has 1 saturated carbocycles. The van der Waals surface area contributed by atoms with Crippen molar-refractivity contribution in [3.63, 3.8) is 0 Å². The summed E-state index contributed by atoms with van der Waals surface area (Å²) in [7, 11) is 0. The Bertz CT molecular complexity index is 455. The zero-order valence-electron chi connectivity index (χ0n) is 12.5. The van der Waals surface area contributed by atoms with E-state index in [0.29, 0.717) is 11.6 Å². The normalized spacial score (nSPS) is 31.4. The van der Waals surface area contributed by atoms with E-state index in [2.05, 4.69) is 36.2 Å². The number of nitrogens with zero attached hydrogens (tertiary/aromatic N) is 1. The maximum absolute atomic E-state index is 5.94. The van der Waals surface area contributed by atoms with Crippen molar-refractivity contribution in [1.82, 2.24) is 10.2 Å². The highest BCUT2D eigenvalue weighted by atomic mass is 35.5. The van der Waals surface area contributed by atoms with Crippen LogP contribution in [-0.2, 0) is 6.42 Å². The lowest BCUT2D eigenvalue weighted by molar-refractivity contribution is 0.0844. The van der Waals surface area contributed by atoms with Crippen molar-refractivity contribution in [2.45, 2.75) is 44.7 Å². The molecule has 110 valence electrons. The van der Waals surface area contributed by atoms with Gasteiger partial charge in [-0.2, -0.15) is 0 Å². The summed E-state index contributed by atoms with van der Waals surface area (Å²) in [6.07, 6.45) is 3.92. The summed E-state index contributed by atoms with van der Waals surface area (Å²) in [5, 5.41) is 4.61. The summed E-state index contributed by atoms with van der Waals surface area (Å²) >= 11 is 5.94. The lowest BCUT2D eigenvalue weighted by Gasteiger charge is -2.45. The summed E-state index contributed by atoms with van der Waals surface area (Å²) in [5.74, 6) is 0.896. The minimum absolute atomic E-state index is 0.340. The van der Waals surface area contributed by atoms with Crippen LogP contribution in [0, 0.1) is 5.92 Å². The first kappa shape index (κ1) is 14.4. The second-order valence-electron chi connectivity index (χ2n) is 6.77. The van der Waals surface area contributed by atoms with E-state index in [0.717, 1.165) is 30.5 Å². The van der Waals surface area contributed by atoms with E-state index in [1.165, 1.54) is 24.9 Å². The maximum atomic E-state index is 5.94. The van der Waals surface area contributed by atoms with E-state index in [9.17, 15) is 0 Å². The molecule has 1 aromatic rings. The minimum Gasteiger partial charge on any atom is -0.308 e. The van der Waals surface area contributed by atoms with Gasteiger partial charge < -0.3 is 5.32 Å². The molecule has 0 bridgehead atoms. The van der Waals surface area contributed by atoms with Gasteiger partial charge in [-0.25, -0.2) is 0 Å². The zero-order chi connectivity index (χ0) is 14.2. The largest absolute Gasteiger partial charge is 0.308 e. The third-order valence-corrected chi connectivity index (χ3v) is 5.29. The first-order valence-corrected chi connectivity index (χ1v) is 8.18. The summed E-state index contributed by atoms with van der Waals surface area (Å²) in [6.45, 7) is 8.19. The molecule has 20 heavy (non-hydrogen) atoms. The number of hydrogen-bond acceptors (Lipinski definition) is 2. The van der Waals surface area contributed by atoms with Crippen LogP contribution in [0.5, 0.6) is 0 Å². The van der Waals surface area contributed by atoms with Crippen molar-refractivity contribution in [3.8, 4) is 0 Å². The van der Waals surface area contributed by atoms with Crippen LogP contribution in [0.15, 0.2) is 24.3 Å². The van der Waals surface area contributed by atoms with Crippen LogP contribution in [0.1, 0.15) is 32.3 Å². The van der Waals surface area contributed by atoms with E-state index >= 15 is 0 Å². The van der Waals surface area contributed by atoms with E-state index in [1.54, 1.807) is 0 Å². The Hall–Kier alpha value is -0.570. The van der Waals surface area contributed by atoms with Gasteiger partial charge in [-0.1, -0.05) is 23.7 Å². The van der Waals surface area contributed by atoms with Crippen LogP contribution < -0.4 is 5.32 Å². The number of benzene rings is 1. The highest BCUT2D eigenvalue weighted by molar-refractivity contribution is 6.30. The monoisotopic (exact) mass is 292 g/mol. The molecule has 0 aromatic heterocycles. The third kappa shape index (κ3) is 3.19. The first-order chi connectivity index (χ1) is 9.57. The number of halogens is 1. The maximum Gasteiger partial charge on any atom is 0.0406 e. The van der Waals surface area contributed by atoms with Crippen LogP contribution in [0.3, 0.4) is 0 Å². The fourth-order valence-corrected chi connectivity index (χ4v) is 3.49. The Morgan fingerprint density at radius 2 is 2.00 bits per heavy atom. The Labute approximate surface area is 127 Å². The van der Waals surface area contributed by atoms with Crippen molar-refractivity contribution >= 4 is 11.6 Å². The zero-order valence-corrected chi connectivity index (χ0v) is 13.3. The van der Waals surface area contributed by atoms with Gasteiger partial charge in [-0.3, -0.25) is 4.90 Å². The smallest absolute Gasteiger partial charge is 0.0406 e. The lowest BCUT2D eigenvalue weighted by Crippen LogP contribution is -2.63. The average Bonchev–Trinajstić information content (AvgIpc) is 3.27. The standard InChI is InChI=1S/C17H25ClN2/c1-13-11-19-17(2,15-5-6-15)12-20(13)10-9-14-3-7-16(18)8-4-14/h3-4,7-8,13,15,19H,5-6,9-12H2,1-2H3. The van der Waals surface area contributed by atoms with Crippen LogP contribution in [0.4, 0.5) is 0 Å². The van der Waals surface area contributed by atoms with Crippen LogP contribution in [0.2, 0.25) is 5.02 Å². The summed E-state index contributed by atoms with van der Waals surface area (Å²) in [6, 6.07) is 8.91. The van der Waals surface area contributed by atoms with Gasteiger partial charge in [0.2, 0.25) is 0 Å². The molecule has 1 N–H and O–H groups in total. The molecule has 2 aliphatic rings. The highest BCUT2D eigenvalue weighted by Crippen LogP contribution is 2.41. The van der Waals surface area contributed by atoms with Crippen molar-refractivity contribution < 1.29 is 0 Å². The molecule has 1 aliphatic carbocycles. The molecule has 1 aliphatic heterocycles. The summed E-state index contributed by atoms with van der Waals surface area (Å²) in [4.78, 5) is 2.66. The molecule has 2 unspecified atom stereocenters. The van der Waals surface area contributed by atoms with Gasteiger partial charge in [0.05, 0.1) is 0 Å². The van der Waals surface area contributed by atoms with Crippen molar-refractivity contribution in [2.24, 2.45) is 5.92 Å². The van der Waals surface area contributed by atoms with E-state index < -0.39 is 0 Å². The molecule has 0 amide bonds. The van der Waals surface area contributed by atoms with E-state index in [-0.39, 0.29) is 0 Å². The SMILES string of the molecule is CC1CNC(C)(C2CC2)CN1CCc1ccc(Cl)cc1. The number of piperazine rings is 1. The Balaban J connectivity index is 1.59. The van der Waals surface area contributed by atoms with Gasteiger partial charge in [-0.15, -0.1) is 0 Å². The number of rotatable bonds is 4. The minimum atomic E-state index is 0.340. The van der Waals surface area contributed by atoms with Gasteiger partial charge in [0, 0.05) is 36.2 Å². The van der Waals surface area contributed by atoms with Crippen LogP contribution in [-0.4, -0.2) is 36.1 Å². The Morgan fingerprint density at radius 1 is 1.30 bits per heavy atom. The molecule has 2 nitrogen and oxygen atoms in total. The van der Waals surface area contributed by atoms with Crippen molar-refractivity contribution in [3.05, 3.63) is 34.9 Å². The average molecular weight is 293 g/mol. The van der Waals surface area contributed by atoms with Gasteiger partial charge >= 0.3 is 0 Å². The second-order valence-corrected chi connectivity index (χ2v) is 7.21. The molecular formula is C17H25ClN2. The predicted molar refractivity (Wildman–Crippen MR) is 85.3 cm³/mol. The van der Waals surface area contributed by atoms with Gasteiger partial charge in [-0.05, 0) is 56.7 Å². The van der Waals surface area contributed by atoms with Gasteiger partial charge in [0.15, 0.2) is 0 Å². The molecule has 0 radical (unpaired) electrons. The quantitative estimate of drug-likeness (QED) is 0.915. The Morgan fingerprint density at radius 3 is 2.65 bits per heavy atom. The molecule has 2 atom stereocenters. The molecular weight excluding hydrogens is 268 g/mol. The molecule has 1 aromatic carbocycles. The fraction of sp³-hybridized carbons (Fsp3) is 0.647. The van der Waals surface area contributed by atoms with Crippen LogP contribution >= 0.6 is 11.6 Å². The van der Waals surface area contributed by atoms with Crippen molar-refractivity contribution in [2.75, 3.05) is 19.6 Å². The molecule has 2 fully saturated rings. The second kappa shape index (κ2) is 5.67. The van der Waals surface area contributed by atoms with Crippen molar-refractivity contribution in [1.29, 1.82) is 0 Å². The van der Waals surface area contributed by atoms with Gasteiger partial charge in [0.25, 0.3) is 0 Å². The van der Waals surface area contributed by atoms with Gasteiger partial charge in [0.1, 0.15) is 0 Å². The fourth-order valence-electron chi connectivity index (χ4n) is 3.36. The Kier molecular flexibility index (Phi) is 4.07. The first-order valence-electron chi connectivity index (χ1n) is 7.80. The highest BCUT2D eigenvalue weighted by Gasteiger charge is 2.45. The van der Waals surface area contributed by atoms with Crippen LogP contribution in [0.25, 0.3) is 0 Å². The molecule has 3 heteroatoms. The predicted octanol–water partition coefficient (Wildman–Crippen LogP) is 3.34. The lowest BCUT2D eigenvalue weighted by atomic mass is 9.91. The molecule has 3 rings (SSSR count). The topological polar surface area (TPSA) is 15.3 Å². The summed E-state index contributed by atoms with van der Waals surface area (Å²) < 4.78 is 0.